The van der Waals surface area contributed by atoms with Gasteiger partial charge in [-0.05, 0) is 44.2 Å². The predicted molar refractivity (Wildman–Crippen MR) is 160 cm³/mol. The molecule has 3 unspecified atom stereocenters. The number of hydrogen-bond acceptors (Lipinski definition) is 5. The molecule has 0 radical (unpaired) electrons. The van der Waals surface area contributed by atoms with Crippen molar-refractivity contribution in [3.05, 3.63) is 55.6 Å². The molecule has 7 atom stereocenters. The van der Waals surface area contributed by atoms with E-state index in [9.17, 15) is 19.5 Å². The summed E-state index contributed by atoms with van der Waals surface area (Å²) < 4.78 is -0.715. The van der Waals surface area contributed by atoms with Gasteiger partial charge in [0, 0.05) is 30.1 Å². The molecule has 1 saturated carbocycles. The predicted octanol–water partition coefficient (Wildman–Crippen LogP) is 4.27. The monoisotopic (exact) mass is 565 g/mol. The maximum atomic E-state index is 14.7. The van der Waals surface area contributed by atoms with Gasteiger partial charge in [0.2, 0.25) is 17.7 Å². The average molecular weight is 566 g/mol. The number of hydrogen-bond donors (Lipinski definition) is 1. The molecular formula is C32H43N3O4S. The Labute approximate surface area is 242 Å². The lowest BCUT2D eigenvalue weighted by atomic mass is 9.65. The zero-order chi connectivity index (χ0) is 28.6. The Bertz CT molecular complexity index is 1140. The third-order valence-electron chi connectivity index (χ3n) is 9.71. The van der Waals surface area contributed by atoms with Crippen LogP contribution in [0.2, 0.25) is 0 Å². The van der Waals surface area contributed by atoms with Gasteiger partial charge in [-0.3, -0.25) is 14.4 Å². The summed E-state index contributed by atoms with van der Waals surface area (Å²) >= 11 is 1.69. The molecule has 40 heavy (non-hydrogen) atoms. The maximum Gasteiger partial charge on any atom is 0.247 e. The summed E-state index contributed by atoms with van der Waals surface area (Å²) in [5.74, 6) is -1.39. The molecule has 1 spiro atoms. The Balaban J connectivity index is 1.57. The van der Waals surface area contributed by atoms with E-state index in [4.69, 9.17) is 0 Å². The number of rotatable bonds is 10. The van der Waals surface area contributed by atoms with Crippen LogP contribution in [0.1, 0.15) is 52.4 Å². The highest BCUT2D eigenvalue weighted by Crippen LogP contribution is 2.69. The largest absolute Gasteiger partial charge is 0.394 e. The molecule has 7 nitrogen and oxygen atoms in total. The summed E-state index contributed by atoms with van der Waals surface area (Å²) in [6.45, 7) is 12.3. The minimum atomic E-state index is -0.721. The van der Waals surface area contributed by atoms with E-state index < -0.39 is 28.7 Å². The van der Waals surface area contributed by atoms with Gasteiger partial charge in [-0.1, -0.05) is 56.5 Å². The van der Waals surface area contributed by atoms with Crippen LogP contribution in [0.5, 0.6) is 0 Å². The fourth-order valence-electron chi connectivity index (χ4n) is 7.93. The van der Waals surface area contributed by atoms with Gasteiger partial charge in [0.15, 0.2) is 0 Å². The average Bonchev–Trinajstić information content (AvgIpc) is 3.58. The number of carbonyl (C=O) groups is 3. The number of likely N-dealkylation sites (tertiary alicyclic amines) is 1. The van der Waals surface area contributed by atoms with E-state index in [1.54, 1.807) is 40.6 Å². The Morgan fingerprint density at radius 3 is 2.42 bits per heavy atom. The van der Waals surface area contributed by atoms with Crippen molar-refractivity contribution in [3.63, 3.8) is 0 Å². The molecule has 5 rings (SSSR count). The van der Waals surface area contributed by atoms with Crippen molar-refractivity contribution in [3.8, 4) is 0 Å². The Morgan fingerprint density at radius 2 is 1.80 bits per heavy atom. The lowest BCUT2D eigenvalue weighted by molar-refractivity contribution is -0.146. The van der Waals surface area contributed by atoms with Crippen LogP contribution < -0.4 is 4.90 Å². The number of anilines is 1. The van der Waals surface area contributed by atoms with Crippen LogP contribution in [0.3, 0.4) is 0 Å². The molecule has 8 heteroatoms. The molecule has 1 aliphatic carbocycles. The van der Waals surface area contributed by atoms with E-state index >= 15 is 0 Å². The highest BCUT2D eigenvalue weighted by molar-refractivity contribution is 8.02. The van der Waals surface area contributed by atoms with Gasteiger partial charge < -0.3 is 19.8 Å². The molecular weight excluding hydrogens is 522 g/mol. The van der Waals surface area contributed by atoms with Crippen LogP contribution in [0.25, 0.3) is 0 Å². The number of nitrogens with zero attached hydrogens (tertiary/aromatic N) is 3. The van der Waals surface area contributed by atoms with Crippen molar-refractivity contribution in [2.45, 2.75) is 80.5 Å². The lowest BCUT2D eigenvalue weighted by Gasteiger charge is -2.44. The van der Waals surface area contributed by atoms with Crippen molar-refractivity contribution in [1.29, 1.82) is 0 Å². The second-order valence-electron chi connectivity index (χ2n) is 12.0. The maximum absolute atomic E-state index is 14.7. The first-order valence-corrected chi connectivity index (χ1v) is 15.7. The first-order chi connectivity index (χ1) is 19.3. The van der Waals surface area contributed by atoms with E-state index in [1.807, 2.05) is 35.2 Å². The summed E-state index contributed by atoms with van der Waals surface area (Å²) in [5.41, 5.74) is 0.774. The zero-order valence-corrected chi connectivity index (χ0v) is 24.6. The molecule has 3 amide bonds. The summed E-state index contributed by atoms with van der Waals surface area (Å²) in [6, 6.07) is 8.39. The second kappa shape index (κ2) is 11.7. The van der Waals surface area contributed by atoms with Crippen LogP contribution in [-0.2, 0) is 14.4 Å². The molecule has 1 aromatic carbocycles. The number of carbonyl (C=O) groups excluding carboxylic acids is 3. The summed E-state index contributed by atoms with van der Waals surface area (Å²) in [7, 11) is 0. The third-order valence-corrected chi connectivity index (χ3v) is 11.8. The van der Waals surface area contributed by atoms with Crippen molar-refractivity contribution < 1.29 is 19.5 Å². The van der Waals surface area contributed by atoms with Crippen LogP contribution in [0.4, 0.5) is 5.69 Å². The fourth-order valence-corrected chi connectivity index (χ4v) is 10.3. The summed E-state index contributed by atoms with van der Waals surface area (Å²) in [5, 5.41) is 10.2. The minimum Gasteiger partial charge on any atom is -0.394 e. The molecule has 3 saturated heterocycles. The second-order valence-corrected chi connectivity index (χ2v) is 13.5. The van der Waals surface area contributed by atoms with Gasteiger partial charge in [0.1, 0.15) is 6.04 Å². The van der Waals surface area contributed by atoms with Crippen molar-refractivity contribution in [1.82, 2.24) is 9.80 Å². The van der Waals surface area contributed by atoms with E-state index in [2.05, 4.69) is 20.1 Å². The smallest absolute Gasteiger partial charge is 0.247 e. The Hall–Kier alpha value is -2.58. The standard InChI is InChI=1S/C32H43N3O4S/c1-5-17-33(23-13-9-7-10-14-23)29(37)26-25-19-21(3)32(40-25)27(26)30(38)35(22(4)20-36)28(32)31(39)34(18-6-2)24-15-11-8-12-16-24/h5-7,9-10,13-14,21-22,24-28,36H,1-2,8,11-12,15-20H2,3-4H3/t21?,22-,25-,26+,27+,28?,32?/m1/s1. The van der Waals surface area contributed by atoms with Gasteiger partial charge in [-0.2, -0.15) is 0 Å². The van der Waals surface area contributed by atoms with E-state index in [0.29, 0.717) is 13.1 Å². The van der Waals surface area contributed by atoms with Gasteiger partial charge in [-0.25, -0.2) is 0 Å². The lowest BCUT2D eigenvalue weighted by Crippen LogP contribution is -2.60. The van der Waals surface area contributed by atoms with Crippen LogP contribution in [-0.4, -0.2) is 80.4 Å². The Morgan fingerprint density at radius 1 is 1.12 bits per heavy atom. The van der Waals surface area contributed by atoms with Crippen molar-refractivity contribution in [2.24, 2.45) is 17.8 Å². The highest BCUT2D eigenvalue weighted by Gasteiger charge is 2.77. The summed E-state index contributed by atoms with van der Waals surface area (Å²) in [4.78, 5) is 48.8. The van der Waals surface area contributed by atoms with Crippen molar-refractivity contribution in [2.75, 3.05) is 24.6 Å². The molecule has 3 heterocycles. The van der Waals surface area contributed by atoms with Crippen LogP contribution in [0.15, 0.2) is 55.6 Å². The number of amides is 3. The molecule has 0 aromatic heterocycles. The zero-order valence-electron chi connectivity index (χ0n) is 23.8. The van der Waals surface area contributed by atoms with Gasteiger partial charge in [0.05, 0.1) is 29.2 Å². The number of fused-ring (bicyclic) bond motifs is 1. The Kier molecular flexibility index (Phi) is 8.48. The number of benzene rings is 1. The third kappa shape index (κ3) is 4.51. The first kappa shape index (κ1) is 28.9. The molecule has 1 N–H and O–H groups in total. The number of para-hydroxylation sites is 1. The summed E-state index contributed by atoms with van der Waals surface area (Å²) in [6.07, 6.45) is 9.51. The molecule has 216 valence electrons. The van der Waals surface area contributed by atoms with Crippen molar-refractivity contribution >= 4 is 35.2 Å². The number of aliphatic hydroxyl groups excluding tert-OH is 1. The topological polar surface area (TPSA) is 81.2 Å². The quantitative estimate of drug-likeness (QED) is 0.429. The molecule has 4 fully saturated rings. The molecule has 1 aromatic rings. The van der Waals surface area contributed by atoms with Gasteiger partial charge in [-0.15, -0.1) is 24.9 Å². The van der Waals surface area contributed by atoms with E-state index in [1.165, 1.54) is 6.42 Å². The number of thioether (sulfide) groups is 1. The van der Waals surface area contributed by atoms with Crippen LogP contribution in [0, 0.1) is 17.8 Å². The minimum absolute atomic E-state index is 0.0445. The molecule has 2 bridgehead atoms. The van der Waals surface area contributed by atoms with Gasteiger partial charge in [0.25, 0.3) is 0 Å². The first-order valence-electron chi connectivity index (χ1n) is 14.8. The SMILES string of the molecule is C=CCN(C(=O)[C@@H]1[C@H]2C(=O)N([C@H](C)CO)C(C(=O)N(CC=C)C3CCCCC3)C23S[C@@H]1CC3C)c1ccccc1. The van der Waals surface area contributed by atoms with E-state index in [-0.39, 0.29) is 41.5 Å². The van der Waals surface area contributed by atoms with E-state index in [0.717, 1.165) is 37.8 Å². The fraction of sp³-hybridized carbons (Fsp3) is 0.594. The normalized spacial score (nSPS) is 32.0. The molecule has 4 aliphatic rings. The number of aliphatic hydroxyl groups is 1. The van der Waals surface area contributed by atoms with Crippen LogP contribution >= 0.6 is 11.8 Å². The molecule has 3 aliphatic heterocycles. The van der Waals surface area contributed by atoms with Gasteiger partial charge >= 0.3 is 0 Å². The highest BCUT2D eigenvalue weighted by atomic mass is 32.2.